The maximum absolute atomic E-state index is 12.6. The van der Waals surface area contributed by atoms with E-state index < -0.39 is 17.9 Å². The van der Waals surface area contributed by atoms with Gasteiger partial charge in [-0.3, -0.25) is 9.69 Å². The molecule has 21 heavy (non-hydrogen) atoms. The molecule has 2 N–H and O–H groups in total. The molecule has 2 aromatic rings. The van der Waals surface area contributed by atoms with Crippen molar-refractivity contribution in [1.82, 2.24) is 0 Å². The lowest BCUT2D eigenvalue weighted by atomic mass is 10.1. The number of carbonyl (C=O) groups is 2. The van der Waals surface area contributed by atoms with Gasteiger partial charge in [-0.1, -0.05) is 30.3 Å². The van der Waals surface area contributed by atoms with Gasteiger partial charge in [0, 0.05) is 12.1 Å². The fourth-order valence-electron chi connectivity index (χ4n) is 2.62. The minimum Gasteiger partial charge on any atom is -0.507 e. The molecule has 1 atom stereocenters. The van der Waals surface area contributed by atoms with Crippen LogP contribution in [-0.2, 0) is 11.2 Å². The number of phenolic OH excluding ortho intramolecular Hbond substituents is 1. The van der Waals surface area contributed by atoms with Gasteiger partial charge in [0.25, 0.3) is 5.91 Å². The Kier molecular flexibility index (Phi) is 3.10. The Labute approximate surface area is 121 Å². The van der Waals surface area contributed by atoms with Gasteiger partial charge in [0.05, 0.1) is 5.56 Å². The van der Waals surface area contributed by atoms with Crippen molar-refractivity contribution in [1.29, 1.82) is 0 Å². The first-order valence-electron chi connectivity index (χ1n) is 6.52. The van der Waals surface area contributed by atoms with Crippen LogP contribution in [-0.4, -0.2) is 28.1 Å². The van der Waals surface area contributed by atoms with Crippen molar-refractivity contribution in [2.45, 2.75) is 12.5 Å². The number of rotatable bonds is 2. The van der Waals surface area contributed by atoms with E-state index >= 15 is 0 Å². The van der Waals surface area contributed by atoms with Gasteiger partial charge in [0.15, 0.2) is 0 Å². The first-order valence-corrected chi connectivity index (χ1v) is 6.52. The summed E-state index contributed by atoms with van der Waals surface area (Å²) >= 11 is 0. The summed E-state index contributed by atoms with van der Waals surface area (Å²) < 4.78 is 0. The standard InChI is InChI=1S/C16H13NO4/c18-14-8-4-2-6-11(14)15(19)17-12-7-3-1-5-10(12)9-13(17)16(20)21/h1-8,13,18H,9H2,(H,20,21). The first-order chi connectivity index (χ1) is 10.1. The van der Waals surface area contributed by atoms with E-state index in [1.807, 2.05) is 12.1 Å². The predicted molar refractivity (Wildman–Crippen MR) is 76.5 cm³/mol. The summed E-state index contributed by atoms with van der Waals surface area (Å²) in [6.45, 7) is 0. The molecule has 1 amide bonds. The average molecular weight is 283 g/mol. The molecule has 0 spiro atoms. The van der Waals surface area contributed by atoms with E-state index in [-0.39, 0.29) is 17.7 Å². The second-order valence-electron chi connectivity index (χ2n) is 4.88. The number of benzene rings is 2. The summed E-state index contributed by atoms with van der Waals surface area (Å²) in [4.78, 5) is 25.3. The van der Waals surface area contributed by atoms with Gasteiger partial charge in [0.2, 0.25) is 0 Å². The quantitative estimate of drug-likeness (QED) is 0.884. The molecule has 1 heterocycles. The van der Waals surface area contributed by atoms with Crippen LogP contribution in [0.4, 0.5) is 5.69 Å². The Bertz CT molecular complexity index is 726. The molecule has 0 saturated carbocycles. The van der Waals surface area contributed by atoms with Gasteiger partial charge >= 0.3 is 5.97 Å². The number of hydrogen-bond acceptors (Lipinski definition) is 3. The third-order valence-corrected chi connectivity index (χ3v) is 3.61. The van der Waals surface area contributed by atoms with Crippen LogP contribution in [0.25, 0.3) is 0 Å². The number of carboxylic acids is 1. The highest BCUT2D eigenvalue weighted by Gasteiger charge is 2.39. The van der Waals surface area contributed by atoms with Gasteiger partial charge in [0.1, 0.15) is 11.8 Å². The van der Waals surface area contributed by atoms with Crippen LogP contribution in [0.15, 0.2) is 48.5 Å². The number of phenols is 1. The summed E-state index contributed by atoms with van der Waals surface area (Å²) in [5.41, 5.74) is 1.49. The largest absolute Gasteiger partial charge is 0.507 e. The smallest absolute Gasteiger partial charge is 0.327 e. The van der Waals surface area contributed by atoms with Crippen molar-refractivity contribution in [3.05, 3.63) is 59.7 Å². The Hall–Kier alpha value is -2.82. The van der Waals surface area contributed by atoms with Crippen LogP contribution in [0.5, 0.6) is 5.75 Å². The normalized spacial score (nSPS) is 16.6. The van der Waals surface area contributed by atoms with E-state index in [1.54, 1.807) is 24.3 Å². The van der Waals surface area contributed by atoms with Gasteiger partial charge in [-0.25, -0.2) is 4.79 Å². The molecule has 0 radical (unpaired) electrons. The highest BCUT2D eigenvalue weighted by Crippen LogP contribution is 2.34. The number of anilines is 1. The molecule has 3 rings (SSSR count). The van der Waals surface area contributed by atoms with E-state index in [1.165, 1.54) is 17.0 Å². The molecular weight excluding hydrogens is 270 g/mol. The number of fused-ring (bicyclic) bond motifs is 1. The number of carboxylic acid groups (broad SMARTS) is 1. The van der Waals surface area contributed by atoms with Crippen LogP contribution in [0.2, 0.25) is 0 Å². The van der Waals surface area contributed by atoms with Crippen molar-refractivity contribution < 1.29 is 19.8 Å². The van der Waals surface area contributed by atoms with Gasteiger partial charge < -0.3 is 10.2 Å². The second-order valence-corrected chi connectivity index (χ2v) is 4.88. The summed E-state index contributed by atoms with van der Waals surface area (Å²) in [7, 11) is 0. The monoisotopic (exact) mass is 283 g/mol. The third kappa shape index (κ3) is 2.12. The summed E-state index contributed by atoms with van der Waals surface area (Å²) in [5, 5.41) is 19.2. The third-order valence-electron chi connectivity index (χ3n) is 3.61. The van der Waals surface area contributed by atoms with E-state index in [4.69, 9.17) is 0 Å². The summed E-state index contributed by atoms with van der Waals surface area (Å²) in [6.07, 6.45) is 0.269. The molecule has 2 aromatic carbocycles. The zero-order chi connectivity index (χ0) is 15.0. The molecule has 0 aromatic heterocycles. The van der Waals surface area contributed by atoms with Crippen LogP contribution in [0.3, 0.4) is 0 Å². The fraction of sp³-hybridized carbons (Fsp3) is 0.125. The van der Waals surface area contributed by atoms with E-state index in [9.17, 15) is 19.8 Å². The molecule has 5 heteroatoms. The fourth-order valence-corrected chi connectivity index (χ4v) is 2.62. The number of para-hydroxylation sites is 2. The van der Waals surface area contributed by atoms with Crippen molar-refractivity contribution in [2.75, 3.05) is 4.90 Å². The van der Waals surface area contributed by atoms with Crippen molar-refractivity contribution >= 4 is 17.6 Å². The number of aliphatic carboxylic acids is 1. The molecule has 1 aliphatic rings. The van der Waals surface area contributed by atoms with E-state index in [0.29, 0.717) is 5.69 Å². The predicted octanol–water partition coefficient (Wildman–Crippen LogP) is 2.05. The molecule has 5 nitrogen and oxygen atoms in total. The van der Waals surface area contributed by atoms with Gasteiger partial charge in [-0.15, -0.1) is 0 Å². The Morgan fingerprint density at radius 2 is 1.71 bits per heavy atom. The number of carbonyl (C=O) groups excluding carboxylic acids is 1. The summed E-state index contributed by atoms with van der Waals surface area (Å²) in [6, 6.07) is 12.3. The van der Waals surface area contributed by atoms with Crippen LogP contribution in [0, 0.1) is 0 Å². The van der Waals surface area contributed by atoms with Gasteiger partial charge in [-0.2, -0.15) is 0 Å². The van der Waals surface area contributed by atoms with Crippen LogP contribution < -0.4 is 4.90 Å². The molecule has 0 fully saturated rings. The van der Waals surface area contributed by atoms with Crippen molar-refractivity contribution in [3.8, 4) is 5.75 Å². The van der Waals surface area contributed by atoms with Crippen LogP contribution in [0.1, 0.15) is 15.9 Å². The zero-order valence-corrected chi connectivity index (χ0v) is 11.1. The number of hydrogen-bond donors (Lipinski definition) is 2. The lowest BCUT2D eigenvalue weighted by Crippen LogP contribution is -2.42. The molecule has 0 bridgehead atoms. The van der Waals surface area contributed by atoms with E-state index in [0.717, 1.165) is 5.56 Å². The van der Waals surface area contributed by atoms with Crippen molar-refractivity contribution in [3.63, 3.8) is 0 Å². The molecule has 0 saturated heterocycles. The Balaban J connectivity index is 2.08. The first kappa shape index (κ1) is 13.2. The highest BCUT2D eigenvalue weighted by atomic mass is 16.4. The average Bonchev–Trinajstić information content (AvgIpc) is 2.86. The van der Waals surface area contributed by atoms with Crippen LogP contribution >= 0.6 is 0 Å². The maximum atomic E-state index is 12.6. The molecule has 1 unspecified atom stereocenters. The minimum atomic E-state index is -1.06. The molecule has 0 aliphatic carbocycles. The molecule has 106 valence electrons. The number of aromatic hydroxyl groups is 1. The SMILES string of the molecule is O=C(O)C1Cc2ccccc2N1C(=O)c1ccccc1O. The maximum Gasteiger partial charge on any atom is 0.327 e. The minimum absolute atomic E-state index is 0.0976. The Morgan fingerprint density at radius 1 is 1.05 bits per heavy atom. The van der Waals surface area contributed by atoms with Gasteiger partial charge in [-0.05, 0) is 23.8 Å². The number of nitrogens with zero attached hydrogens (tertiary/aromatic N) is 1. The number of amides is 1. The molecular formula is C16H13NO4. The van der Waals surface area contributed by atoms with E-state index in [2.05, 4.69) is 0 Å². The van der Waals surface area contributed by atoms with Crippen molar-refractivity contribution in [2.24, 2.45) is 0 Å². The highest BCUT2D eigenvalue weighted by molar-refractivity contribution is 6.12. The summed E-state index contributed by atoms with van der Waals surface area (Å²) in [5.74, 6) is -1.73. The lowest BCUT2D eigenvalue weighted by Gasteiger charge is -2.23. The topological polar surface area (TPSA) is 77.8 Å². The second kappa shape index (κ2) is 4.94. The molecule has 1 aliphatic heterocycles. The Morgan fingerprint density at radius 3 is 2.43 bits per heavy atom. The zero-order valence-electron chi connectivity index (χ0n) is 11.1. The lowest BCUT2D eigenvalue weighted by molar-refractivity contribution is -0.138.